The largest absolute Gasteiger partial charge is 0.343 e. The van der Waals surface area contributed by atoms with Crippen LogP contribution in [0.3, 0.4) is 0 Å². The van der Waals surface area contributed by atoms with E-state index in [2.05, 4.69) is 69.2 Å². The van der Waals surface area contributed by atoms with Gasteiger partial charge in [0.2, 0.25) is 5.91 Å². The van der Waals surface area contributed by atoms with E-state index >= 15 is 0 Å². The van der Waals surface area contributed by atoms with Gasteiger partial charge in [-0.3, -0.25) is 4.79 Å². The van der Waals surface area contributed by atoms with Crippen LogP contribution in [-0.2, 0) is 4.79 Å². The zero-order valence-electron chi connectivity index (χ0n) is 20.0. The Kier molecular flexibility index (Phi) is 9.93. The van der Waals surface area contributed by atoms with Crippen molar-refractivity contribution in [2.45, 2.75) is 120 Å². The van der Waals surface area contributed by atoms with Gasteiger partial charge in [0.15, 0.2) is 0 Å². The molecule has 0 heterocycles. The van der Waals surface area contributed by atoms with Crippen molar-refractivity contribution in [3.63, 3.8) is 0 Å². The van der Waals surface area contributed by atoms with Crippen LogP contribution >= 0.6 is 0 Å². The first-order chi connectivity index (χ1) is 11.8. The third kappa shape index (κ3) is 5.49. The van der Waals surface area contributed by atoms with E-state index in [-0.39, 0.29) is 10.8 Å². The zero-order chi connectivity index (χ0) is 20.8. The van der Waals surface area contributed by atoms with Gasteiger partial charge in [-0.15, -0.1) is 0 Å². The second-order valence-electron chi connectivity index (χ2n) is 10.3. The van der Waals surface area contributed by atoms with Crippen LogP contribution in [0.25, 0.3) is 0 Å². The lowest BCUT2D eigenvalue weighted by molar-refractivity contribution is -0.157. The van der Waals surface area contributed by atoms with Crippen molar-refractivity contribution in [2.75, 3.05) is 7.05 Å². The molecule has 0 aliphatic carbocycles. The Morgan fingerprint density at radius 2 is 1.38 bits per heavy atom. The molecule has 0 radical (unpaired) electrons. The Bertz CT molecular complexity index is 422. The minimum absolute atomic E-state index is 0.0906. The highest BCUT2D eigenvalue weighted by Gasteiger charge is 2.54. The maximum absolute atomic E-state index is 13.5. The van der Waals surface area contributed by atoms with Crippen LogP contribution < -0.4 is 0 Å². The molecule has 26 heavy (non-hydrogen) atoms. The van der Waals surface area contributed by atoms with Crippen LogP contribution in [0, 0.1) is 22.2 Å². The van der Waals surface area contributed by atoms with Crippen LogP contribution in [-0.4, -0.2) is 23.9 Å². The summed E-state index contributed by atoms with van der Waals surface area (Å²) in [5, 5.41) is 0. The fourth-order valence-corrected chi connectivity index (χ4v) is 4.18. The van der Waals surface area contributed by atoms with Gasteiger partial charge in [-0.25, -0.2) is 0 Å². The summed E-state index contributed by atoms with van der Waals surface area (Å²) in [6, 6.07) is 0.311. The molecule has 2 heteroatoms. The molecule has 2 atom stereocenters. The van der Waals surface area contributed by atoms with Crippen molar-refractivity contribution >= 4 is 5.91 Å². The van der Waals surface area contributed by atoms with E-state index in [0.717, 1.165) is 6.42 Å². The number of amides is 1. The first-order valence-corrected chi connectivity index (χ1v) is 11.1. The van der Waals surface area contributed by atoms with E-state index in [1.165, 1.54) is 38.5 Å². The highest BCUT2D eigenvalue weighted by Crippen LogP contribution is 2.56. The van der Waals surface area contributed by atoms with Crippen LogP contribution in [0.5, 0.6) is 0 Å². The molecule has 1 amide bonds. The van der Waals surface area contributed by atoms with Crippen molar-refractivity contribution in [1.29, 1.82) is 0 Å². The quantitative estimate of drug-likeness (QED) is 0.331. The minimum atomic E-state index is -0.398. The molecule has 0 saturated heterocycles. The van der Waals surface area contributed by atoms with E-state index in [4.69, 9.17) is 0 Å². The molecule has 0 saturated carbocycles. The molecule has 156 valence electrons. The number of carbonyl (C=O) groups is 1. The SMILES string of the molecule is CCCCCCC(C)N(C)C(=O)C(C)(C)C(C)(C)C(C)(C)C(C)CCC. The van der Waals surface area contributed by atoms with Crippen molar-refractivity contribution in [1.82, 2.24) is 4.90 Å². The third-order valence-corrected chi connectivity index (χ3v) is 8.12. The average Bonchev–Trinajstić information content (AvgIpc) is 2.56. The fourth-order valence-electron chi connectivity index (χ4n) is 4.18. The van der Waals surface area contributed by atoms with Crippen LogP contribution in [0.4, 0.5) is 0 Å². The monoisotopic (exact) mass is 367 g/mol. The Balaban J connectivity index is 5.28. The molecule has 0 bridgehead atoms. The van der Waals surface area contributed by atoms with Crippen LogP contribution in [0.2, 0.25) is 0 Å². The number of nitrogens with zero attached hydrogens (tertiary/aromatic N) is 1. The van der Waals surface area contributed by atoms with Gasteiger partial charge < -0.3 is 4.90 Å². The Morgan fingerprint density at radius 1 is 0.846 bits per heavy atom. The van der Waals surface area contributed by atoms with E-state index < -0.39 is 5.41 Å². The maximum atomic E-state index is 13.5. The molecule has 0 aliphatic heterocycles. The molecule has 2 unspecified atom stereocenters. The molecule has 0 spiro atoms. The highest BCUT2D eigenvalue weighted by atomic mass is 16.2. The van der Waals surface area contributed by atoms with E-state index in [0.29, 0.717) is 17.9 Å². The fraction of sp³-hybridized carbons (Fsp3) is 0.958. The van der Waals surface area contributed by atoms with Crippen LogP contribution in [0.15, 0.2) is 0 Å². The molecule has 0 rings (SSSR count). The normalized spacial score (nSPS) is 15.7. The number of unbranched alkanes of at least 4 members (excludes halogenated alkanes) is 3. The highest BCUT2D eigenvalue weighted by molar-refractivity contribution is 5.83. The summed E-state index contributed by atoms with van der Waals surface area (Å²) in [5.41, 5.74) is -0.403. The molecule has 0 aliphatic rings. The lowest BCUT2D eigenvalue weighted by Crippen LogP contribution is -2.55. The molecule has 0 aromatic heterocycles. The van der Waals surface area contributed by atoms with Crippen molar-refractivity contribution in [2.24, 2.45) is 22.2 Å². The lowest BCUT2D eigenvalue weighted by atomic mass is 9.50. The van der Waals surface area contributed by atoms with Crippen molar-refractivity contribution < 1.29 is 4.79 Å². The molecule has 0 N–H and O–H groups in total. The van der Waals surface area contributed by atoms with E-state index in [1.54, 1.807) is 0 Å². The second-order valence-corrected chi connectivity index (χ2v) is 10.3. The number of hydrogen-bond acceptors (Lipinski definition) is 1. The topological polar surface area (TPSA) is 20.3 Å². The maximum Gasteiger partial charge on any atom is 0.228 e. The minimum Gasteiger partial charge on any atom is -0.343 e. The zero-order valence-corrected chi connectivity index (χ0v) is 20.0. The van der Waals surface area contributed by atoms with Gasteiger partial charge in [-0.2, -0.15) is 0 Å². The summed E-state index contributed by atoms with van der Waals surface area (Å²) in [7, 11) is 2.01. The van der Waals surface area contributed by atoms with Gasteiger partial charge in [0.05, 0.1) is 0 Å². The lowest BCUT2D eigenvalue weighted by Gasteiger charge is -2.55. The van der Waals surface area contributed by atoms with Gasteiger partial charge in [0.25, 0.3) is 0 Å². The van der Waals surface area contributed by atoms with Gasteiger partial charge in [-0.05, 0) is 30.1 Å². The molecular formula is C24H49NO. The van der Waals surface area contributed by atoms with Gasteiger partial charge >= 0.3 is 0 Å². The predicted molar refractivity (Wildman–Crippen MR) is 116 cm³/mol. The molecule has 2 nitrogen and oxygen atoms in total. The van der Waals surface area contributed by atoms with E-state index in [9.17, 15) is 4.79 Å². The summed E-state index contributed by atoms with van der Waals surface area (Å²) >= 11 is 0. The second kappa shape index (κ2) is 10.1. The van der Waals surface area contributed by atoms with Crippen molar-refractivity contribution in [3.8, 4) is 0 Å². The predicted octanol–water partition coefficient (Wildman–Crippen LogP) is 7.32. The Hall–Kier alpha value is -0.530. The van der Waals surface area contributed by atoms with Gasteiger partial charge in [0.1, 0.15) is 0 Å². The summed E-state index contributed by atoms with van der Waals surface area (Å²) < 4.78 is 0. The number of carbonyl (C=O) groups excluding carboxylic acids is 1. The molecule has 0 fully saturated rings. The Morgan fingerprint density at radius 3 is 1.85 bits per heavy atom. The Labute approximate surface area is 165 Å². The van der Waals surface area contributed by atoms with Gasteiger partial charge in [-0.1, -0.05) is 101 Å². The standard InChI is InChI=1S/C24H49NO/c1-12-14-15-16-18-20(4)25(11)21(26)23(7,8)24(9,10)22(5,6)19(3)17-13-2/h19-20H,12-18H2,1-11H3. The average molecular weight is 368 g/mol. The first kappa shape index (κ1) is 25.5. The van der Waals surface area contributed by atoms with E-state index in [1.807, 2.05) is 11.9 Å². The number of hydrogen-bond donors (Lipinski definition) is 0. The summed E-state index contributed by atoms with van der Waals surface area (Å²) in [6.45, 7) is 22.7. The molecule has 0 aromatic carbocycles. The molecule has 0 aromatic rings. The van der Waals surface area contributed by atoms with Crippen molar-refractivity contribution in [3.05, 3.63) is 0 Å². The van der Waals surface area contributed by atoms with Crippen LogP contribution in [0.1, 0.15) is 114 Å². The van der Waals surface area contributed by atoms with Gasteiger partial charge in [0, 0.05) is 18.5 Å². The summed E-state index contributed by atoms with van der Waals surface area (Å²) in [4.78, 5) is 15.5. The smallest absolute Gasteiger partial charge is 0.228 e. The molecular weight excluding hydrogens is 318 g/mol. The first-order valence-electron chi connectivity index (χ1n) is 11.1. The summed E-state index contributed by atoms with van der Waals surface area (Å²) in [5.74, 6) is 0.883. The number of rotatable bonds is 12. The summed E-state index contributed by atoms with van der Waals surface area (Å²) in [6.07, 6.45) is 8.57. The third-order valence-electron chi connectivity index (χ3n) is 8.12.